The Morgan fingerprint density at radius 2 is 1.84 bits per heavy atom. The van der Waals surface area contributed by atoms with Gasteiger partial charge in [0.25, 0.3) is 0 Å². The number of hydrogen-bond donors (Lipinski definition) is 2. The SMILES string of the molecule is C[C@H]1O[C@H](O[C@H]2CC[C@H]3[C@@H]4CCC5=CC(=O)CC[C@]5(C)[C@H]4CC[C@]23C)[C@@H](I)[C@@H](O)[C@@H]1O. The molecule has 0 spiro atoms. The van der Waals surface area contributed by atoms with Gasteiger partial charge >= 0.3 is 0 Å². The normalized spacial score (nSPS) is 54.6. The molecule has 1 aliphatic heterocycles. The second-order valence-electron chi connectivity index (χ2n) is 11.4. The summed E-state index contributed by atoms with van der Waals surface area (Å²) < 4.78 is 12.3. The lowest BCUT2D eigenvalue weighted by molar-refractivity contribution is -0.265. The zero-order valence-electron chi connectivity index (χ0n) is 18.9. The van der Waals surface area contributed by atoms with E-state index in [-0.39, 0.29) is 20.9 Å². The summed E-state index contributed by atoms with van der Waals surface area (Å²) in [6, 6.07) is 0. The molecule has 1 saturated heterocycles. The molecule has 0 unspecified atom stereocenters. The Kier molecular flexibility index (Phi) is 5.90. The monoisotopic (exact) mass is 544 g/mol. The molecular weight excluding hydrogens is 507 g/mol. The van der Waals surface area contributed by atoms with Gasteiger partial charge in [0.1, 0.15) is 6.10 Å². The molecule has 5 nitrogen and oxygen atoms in total. The Bertz CT molecular complexity index is 769. The van der Waals surface area contributed by atoms with Crippen molar-refractivity contribution in [1.82, 2.24) is 0 Å². The molecule has 5 rings (SSSR count). The van der Waals surface area contributed by atoms with E-state index in [1.807, 2.05) is 6.08 Å². The van der Waals surface area contributed by atoms with Gasteiger partial charge in [-0.15, -0.1) is 0 Å². The second kappa shape index (κ2) is 8.03. The van der Waals surface area contributed by atoms with Crippen LogP contribution in [0.25, 0.3) is 0 Å². The number of halogens is 1. The lowest BCUT2D eigenvalue weighted by Gasteiger charge is -2.58. The molecule has 4 aliphatic carbocycles. The molecule has 0 amide bonds. The zero-order chi connectivity index (χ0) is 22.1. The first-order valence-corrected chi connectivity index (χ1v) is 13.4. The van der Waals surface area contributed by atoms with Crippen molar-refractivity contribution in [1.29, 1.82) is 0 Å². The van der Waals surface area contributed by atoms with E-state index in [2.05, 4.69) is 36.4 Å². The third-order valence-electron chi connectivity index (χ3n) is 9.94. The van der Waals surface area contributed by atoms with E-state index in [1.54, 1.807) is 6.92 Å². The molecule has 0 bridgehead atoms. The zero-order valence-corrected chi connectivity index (χ0v) is 21.1. The number of hydrogen-bond acceptors (Lipinski definition) is 5. The van der Waals surface area contributed by atoms with E-state index in [4.69, 9.17) is 9.47 Å². The fourth-order valence-electron chi connectivity index (χ4n) is 8.00. The molecule has 0 radical (unpaired) electrons. The summed E-state index contributed by atoms with van der Waals surface area (Å²) in [7, 11) is 0. The summed E-state index contributed by atoms with van der Waals surface area (Å²) in [5.41, 5.74) is 1.75. The maximum absolute atomic E-state index is 12.0. The largest absolute Gasteiger partial charge is 0.389 e. The number of carbonyl (C=O) groups excluding carboxylic acids is 1. The second-order valence-corrected chi connectivity index (χ2v) is 12.8. The highest BCUT2D eigenvalue weighted by atomic mass is 127. The number of fused-ring (bicyclic) bond motifs is 5. The minimum Gasteiger partial charge on any atom is -0.389 e. The van der Waals surface area contributed by atoms with Crippen LogP contribution in [0.4, 0.5) is 0 Å². The number of allylic oxidation sites excluding steroid dienone is 1. The van der Waals surface area contributed by atoms with Crippen LogP contribution in [-0.2, 0) is 14.3 Å². The molecule has 3 saturated carbocycles. The Labute approximate surface area is 199 Å². The Hall–Kier alpha value is -0.0200. The van der Waals surface area contributed by atoms with Crippen molar-refractivity contribution in [3.8, 4) is 0 Å². The summed E-state index contributed by atoms with van der Waals surface area (Å²) in [4.78, 5) is 12.0. The van der Waals surface area contributed by atoms with Gasteiger partial charge in [-0.3, -0.25) is 4.79 Å². The maximum atomic E-state index is 12.0. The fraction of sp³-hybridized carbons (Fsp3) is 0.880. The smallest absolute Gasteiger partial charge is 0.172 e. The third-order valence-corrected chi connectivity index (χ3v) is 11.3. The fourth-order valence-corrected chi connectivity index (χ4v) is 8.76. The maximum Gasteiger partial charge on any atom is 0.172 e. The van der Waals surface area contributed by atoms with Crippen LogP contribution < -0.4 is 0 Å². The lowest BCUT2D eigenvalue weighted by Crippen LogP contribution is -2.57. The van der Waals surface area contributed by atoms with Crippen LogP contribution in [0.3, 0.4) is 0 Å². The molecule has 11 atom stereocenters. The molecule has 4 fully saturated rings. The summed E-state index contributed by atoms with van der Waals surface area (Å²) >= 11 is 2.17. The molecule has 5 aliphatic rings. The van der Waals surface area contributed by atoms with Crippen LogP contribution in [0.2, 0.25) is 0 Å². The van der Waals surface area contributed by atoms with Gasteiger partial charge in [-0.05, 0) is 86.5 Å². The summed E-state index contributed by atoms with van der Waals surface area (Å²) in [6.07, 6.45) is 8.11. The van der Waals surface area contributed by atoms with E-state index in [9.17, 15) is 15.0 Å². The van der Waals surface area contributed by atoms with Crippen LogP contribution in [0, 0.1) is 28.6 Å². The van der Waals surface area contributed by atoms with E-state index in [1.165, 1.54) is 24.8 Å². The number of carbonyl (C=O) groups is 1. The standard InChI is InChI=1S/C25H37IO5/c1-13-21(28)22(29)20(26)23(30-13)31-19-7-6-17-16-5-4-14-12-15(27)8-10-24(14,2)18(16)9-11-25(17,19)3/h12-13,16-23,28-29H,4-11H2,1-3H3/t13-,16+,17+,18+,19+,20+,21-,22-,23-,24+,25+/m1/s1. The van der Waals surface area contributed by atoms with E-state index >= 15 is 0 Å². The number of ketones is 1. The van der Waals surface area contributed by atoms with Gasteiger partial charge in [-0.2, -0.15) is 0 Å². The van der Waals surface area contributed by atoms with Gasteiger partial charge in [0.05, 0.1) is 22.2 Å². The first-order valence-electron chi connectivity index (χ1n) is 12.2. The lowest BCUT2D eigenvalue weighted by atomic mass is 9.47. The highest BCUT2D eigenvalue weighted by Gasteiger charge is 2.60. The van der Waals surface area contributed by atoms with Crippen LogP contribution in [0.1, 0.15) is 72.1 Å². The summed E-state index contributed by atoms with van der Waals surface area (Å²) in [6.45, 7) is 6.65. The number of aliphatic hydroxyl groups excluding tert-OH is 2. The van der Waals surface area contributed by atoms with Crippen molar-refractivity contribution in [2.45, 2.75) is 107 Å². The van der Waals surface area contributed by atoms with Crippen molar-refractivity contribution in [3.63, 3.8) is 0 Å². The number of alkyl halides is 1. The predicted molar refractivity (Wildman–Crippen MR) is 126 cm³/mol. The minimum absolute atomic E-state index is 0.132. The van der Waals surface area contributed by atoms with Crippen LogP contribution in [-0.4, -0.2) is 50.6 Å². The highest BCUT2D eigenvalue weighted by molar-refractivity contribution is 14.1. The number of ether oxygens (including phenoxy) is 2. The molecule has 31 heavy (non-hydrogen) atoms. The third kappa shape index (κ3) is 3.49. The average Bonchev–Trinajstić information content (AvgIpc) is 3.07. The summed E-state index contributed by atoms with van der Waals surface area (Å²) in [5.74, 6) is 2.36. The molecule has 6 heteroatoms. The minimum atomic E-state index is -0.864. The van der Waals surface area contributed by atoms with Gasteiger partial charge in [-0.1, -0.05) is 42.0 Å². The Morgan fingerprint density at radius 3 is 2.61 bits per heavy atom. The van der Waals surface area contributed by atoms with Gasteiger partial charge in [-0.25, -0.2) is 0 Å². The van der Waals surface area contributed by atoms with Crippen molar-refractivity contribution in [2.24, 2.45) is 28.6 Å². The van der Waals surface area contributed by atoms with E-state index in [0.29, 0.717) is 30.0 Å². The van der Waals surface area contributed by atoms with Crippen LogP contribution in [0.5, 0.6) is 0 Å². The molecule has 0 aromatic carbocycles. The van der Waals surface area contributed by atoms with Gasteiger partial charge in [0, 0.05) is 6.42 Å². The molecule has 2 N–H and O–H groups in total. The van der Waals surface area contributed by atoms with E-state index < -0.39 is 24.6 Å². The molecule has 0 aromatic rings. The number of rotatable bonds is 2. The van der Waals surface area contributed by atoms with Crippen LogP contribution in [0.15, 0.2) is 11.6 Å². The Balaban J connectivity index is 1.34. The molecule has 174 valence electrons. The predicted octanol–water partition coefficient (Wildman–Crippen LogP) is 4.17. The first-order chi connectivity index (χ1) is 14.6. The Morgan fingerprint density at radius 1 is 1.06 bits per heavy atom. The van der Waals surface area contributed by atoms with Crippen molar-refractivity contribution in [3.05, 3.63) is 11.6 Å². The van der Waals surface area contributed by atoms with Gasteiger partial charge < -0.3 is 19.7 Å². The molecular formula is C25H37IO5. The molecule has 0 aromatic heterocycles. The quantitative estimate of drug-likeness (QED) is 0.403. The average molecular weight is 544 g/mol. The first kappa shape index (κ1) is 22.8. The topological polar surface area (TPSA) is 76.0 Å². The van der Waals surface area contributed by atoms with Crippen LogP contribution >= 0.6 is 22.6 Å². The van der Waals surface area contributed by atoms with Crippen molar-refractivity contribution in [2.75, 3.05) is 0 Å². The van der Waals surface area contributed by atoms with Gasteiger partial charge in [0.15, 0.2) is 12.1 Å². The van der Waals surface area contributed by atoms with Crippen molar-refractivity contribution < 1.29 is 24.5 Å². The highest BCUT2D eigenvalue weighted by Crippen LogP contribution is 2.65. The summed E-state index contributed by atoms with van der Waals surface area (Å²) in [5, 5.41) is 20.6. The van der Waals surface area contributed by atoms with Gasteiger partial charge in [0.2, 0.25) is 0 Å². The molecule has 1 heterocycles. The van der Waals surface area contributed by atoms with E-state index in [0.717, 1.165) is 25.7 Å². The van der Waals surface area contributed by atoms with Crippen molar-refractivity contribution >= 4 is 28.4 Å². The number of aliphatic hydroxyl groups is 2.